The minimum atomic E-state index is -0.0959. The molecule has 182 valence electrons. The van der Waals surface area contributed by atoms with Gasteiger partial charge in [-0.2, -0.15) is 0 Å². The van der Waals surface area contributed by atoms with E-state index in [9.17, 15) is 4.79 Å². The van der Waals surface area contributed by atoms with Gasteiger partial charge >= 0.3 is 0 Å². The number of thiazole rings is 1. The number of carbonyl (C=O) groups is 1. The second-order valence-electron chi connectivity index (χ2n) is 7.77. The van der Waals surface area contributed by atoms with Gasteiger partial charge in [0.05, 0.1) is 36.6 Å². The molecule has 0 radical (unpaired) electrons. The first kappa shape index (κ1) is 24.8. The highest BCUT2D eigenvalue weighted by Gasteiger charge is 2.24. The average Bonchev–Trinajstić information content (AvgIpc) is 3.29. The van der Waals surface area contributed by atoms with Crippen LogP contribution in [0.2, 0.25) is 0 Å². The molecule has 4 rings (SSSR count). The zero-order valence-electron chi connectivity index (χ0n) is 19.9. The lowest BCUT2D eigenvalue weighted by atomic mass is 10.1. The predicted octanol–water partition coefficient (Wildman–Crippen LogP) is 4.79. The summed E-state index contributed by atoms with van der Waals surface area (Å²) in [5, 5.41) is 0.707. The Hall–Kier alpha value is -2.33. The molecule has 0 spiro atoms. The Morgan fingerprint density at radius 3 is 2.62 bits per heavy atom. The summed E-state index contributed by atoms with van der Waals surface area (Å²) in [5.41, 5.74) is 1.46. The predicted molar refractivity (Wildman–Crippen MR) is 139 cm³/mol. The third-order valence-corrected chi connectivity index (χ3v) is 7.36. The summed E-state index contributed by atoms with van der Waals surface area (Å²) < 4.78 is 18.0. The number of nitrogens with zero attached hydrogens (tertiary/aromatic N) is 3. The molecule has 1 amide bonds. The molecule has 7 nitrogen and oxygen atoms in total. The van der Waals surface area contributed by atoms with Crippen LogP contribution in [-0.4, -0.2) is 74.7 Å². The molecular weight excluding hydrogens is 470 g/mol. The van der Waals surface area contributed by atoms with Crippen LogP contribution in [-0.2, 0) is 4.74 Å². The second kappa shape index (κ2) is 11.9. The number of morpholine rings is 1. The monoisotopic (exact) mass is 501 g/mol. The van der Waals surface area contributed by atoms with E-state index in [1.165, 1.54) is 4.90 Å². The minimum absolute atomic E-state index is 0.0959. The lowest BCUT2D eigenvalue weighted by Gasteiger charge is -2.29. The molecule has 0 saturated carbocycles. The van der Waals surface area contributed by atoms with E-state index < -0.39 is 0 Å². The Morgan fingerprint density at radius 2 is 1.88 bits per heavy atom. The topological polar surface area (TPSA) is 64.1 Å². The minimum Gasteiger partial charge on any atom is -0.490 e. The standard InChI is InChI=1S/C25H31N3O4S2/c1-4-31-21-9-6-18(16-22(21)32-5-2)24(29)28(11-10-27-12-14-30-15-13-27)25-26-20-8-7-19(33-3)17-23(20)34-25/h6-9,16-17H,4-5,10-15H2,1-3H3. The van der Waals surface area contributed by atoms with Crippen LogP contribution in [0.25, 0.3) is 10.2 Å². The van der Waals surface area contributed by atoms with E-state index in [2.05, 4.69) is 23.3 Å². The fourth-order valence-corrected chi connectivity index (χ4v) is 5.37. The Labute approximate surface area is 209 Å². The summed E-state index contributed by atoms with van der Waals surface area (Å²) in [7, 11) is 0. The number of hydrogen-bond acceptors (Lipinski definition) is 8. The van der Waals surface area contributed by atoms with Crippen LogP contribution in [0.4, 0.5) is 5.13 Å². The van der Waals surface area contributed by atoms with Crippen LogP contribution in [0.5, 0.6) is 11.5 Å². The van der Waals surface area contributed by atoms with Crippen molar-refractivity contribution < 1.29 is 19.0 Å². The highest BCUT2D eigenvalue weighted by atomic mass is 32.2. The molecule has 9 heteroatoms. The van der Waals surface area contributed by atoms with Crippen molar-refractivity contribution in [1.82, 2.24) is 9.88 Å². The number of aromatic nitrogens is 1. The molecule has 0 atom stereocenters. The summed E-state index contributed by atoms with van der Waals surface area (Å²) in [6, 6.07) is 11.6. The van der Waals surface area contributed by atoms with Gasteiger partial charge in [0.25, 0.3) is 5.91 Å². The molecule has 34 heavy (non-hydrogen) atoms. The maximum absolute atomic E-state index is 13.8. The van der Waals surface area contributed by atoms with Crippen molar-refractivity contribution in [3.63, 3.8) is 0 Å². The Balaban J connectivity index is 1.65. The first-order chi connectivity index (χ1) is 16.6. The van der Waals surface area contributed by atoms with Crippen molar-refractivity contribution in [3.8, 4) is 11.5 Å². The zero-order chi connectivity index (χ0) is 23.9. The molecular formula is C25H31N3O4S2. The fraction of sp³-hybridized carbons (Fsp3) is 0.440. The van der Waals surface area contributed by atoms with Crippen LogP contribution in [0, 0.1) is 0 Å². The van der Waals surface area contributed by atoms with Crippen molar-refractivity contribution >= 4 is 44.4 Å². The quantitative estimate of drug-likeness (QED) is 0.370. The third-order valence-electron chi connectivity index (χ3n) is 5.59. The maximum Gasteiger partial charge on any atom is 0.260 e. The van der Waals surface area contributed by atoms with Crippen LogP contribution in [0.3, 0.4) is 0 Å². The van der Waals surface area contributed by atoms with Gasteiger partial charge in [-0.25, -0.2) is 4.98 Å². The molecule has 0 bridgehead atoms. The van der Waals surface area contributed by atoms with Gasteiger partial charge in [-0.3, -0.25) is 14.6 Å². The molecule has 1 aliphatic rings. The number of thioether (sulfide) groups is 1. The van der Waals surface area contributed by atoms with Crippen molar-refractivity contribution in [2.45, 2.75) is 18.7 Å². The number of fused-ring (bicyclic) bond motifs is 1. The molecule has 0 N–H and O–H groups in total. The van der Waals surface area contributed by atoms with Gasteiger partial charge in [0, 0.05) is 36.6 Å². The van der Waals surface area contributed by atoms with Gasteiger partial charge in [0.1, 0.15) is 0 Å². The summed E-state index contributed by atoms with van der Waals surface area (Å²) in [6.45, 7) is 9.37. The summed E-state index contributed by atoms with van der Waals surface area (Å²) in [6.07, 6.45) is 2.06. The van der Waals surface area contributed by atoms with Crippen LogP contribution in [0.15, 0.2) is 41.3 Å². The Kier molecular flexibility index (Phi) is 8.66. The van der Waals surface area contributed by atoms with Crippen molar-refractivity contribution in [2.24, 2.45) is 0 Å². The SMILES string of the molecule is CCOc1ccc(C(=O)N(CCN2CCOCC2)c2nc3ccc(SC)cc3s2)cc1OCC. The number of rotatable bonds is 10. The van der Waals surface area contributed by atoms with Gasteiger partial charge in [0.2, 0.25) is 0 Å². The molecule has 2 heterocycles. The van der Waals surface area contributed by atoms with E-state index in [-0.39, 0.29) is 5.91 Å². The number of hydrogen-bond donors (Lipinski definition) is 0. The van der Waals surface area contributed by atoms with Crippen LogP contribution >= 0.6 is 23.1 Å². The van der Waals surface area contributed by atoms with Crippen molar-refractivity contribution in [3.05, 3.63) is 42.0 Å². The molecule has 2 aromatic carbocycles. The molecule has 0 aliphatic carbocycles. The largest absolute Gasteiger partial charge is 0.490 e. The number of benzene rings is 2. The van der Waals surface area contributed by atoms with Gasteiger partial charge in [-0.15, -0.1) is 11.8 Å². The van der Waals surface area contributed by atoms with E-state index in [4.69, 9.17) is 19.2 Å². The Bertz CT molecular complexity index is 1110. The molecule has 1 fully saturated rings. The molecule has 1 saturated heterocycles. The number of anilines is 1. The molecule has 0 unspecified atom stereocenters. The van der Waals surface area contributed by atoms with Crippen LogP contribution in [0.1, 0.15) is 24.2 Å². The number of carbonyl (C=O) groups excluding carboxylic acids is 1. The third kappa shape index (κ3) is 5.83. The maximum atomic E-state index is 13.8. The Morgan fingerprint density at radius 1 is 1.12 bits per heavy atom. The zero-order valence-corrected chi connectivity index (χ0v) is 21.5. The van der Waals surface area contributed by atoms with E-state index in [1.807, 2.05) is 26.0 Å². The van der Waals surface area contributed by atoms with E-state index in [0.717, 1.165) is 43.1 Å². The highest BCUT2D eigenvalue weighted by Crippen LogP contribution is 2.34. The summed E-state index contributed by atoms with van der Waals surface area (Å²) in [4.78, 5) is 23.9. The number of amides is 1. The van der Waals surface area contributed by atoms with Gasteiger partial charge in [0.15, 0.2) is 16.6 Å². The molecule has 3 aromatic rings. The average molecular weight is 502 g/mol. The van der Waals surface area contributed by atoms with Crippen molar-refractivity contribution in [2.75, 3.05) is 63.8 Å². The molecule has 1 aromatic heterocycles. The van der Waals surface area contributed by atoms with Crippen LogP contribution < -0.4 is 14.4 Å². The lowest BCUT2D eigenvalue weighted by Crippen LogP contribution is -2.43. The first-order valence-corrected chi connectivity index (χ1v) is 13.6. The van der Waals surface area contributed by atoms with Gasteiger partial charge < -0.3 is 14.2 Å². The van der Waals surface area contributed by atoms with E-state index in [0.29, 0.717) is 42.0 Å². The lowest BCUT2D eigenvalue weighted by molar-refractivity contribution is 0.0391. The fourth-order valence-electron chi connectivity index (χ4n) is 3.83. The second-order valence-corrected chi connectivity index (χ2v) is 9.66. The first-order valence-electron chi connectivity index (χ1n) is 11.6. The number of ether oxygens (including phenoxy) is 3. The highest BCUT2D eigenvalue weighted by molar-refractivity contribution is 7.98. The van der Waals surface area contributed by atoms with Gasteiger partial charge in [-0.05, 0) is 56.5 Å². The van der Waals surface area contributed by atoms with E-state index in [1.54, 1.807) is 40.1 Å². The van der Waals surface area contributed by atoms with E-state index >= 15 is 0 Å². The van der Waals surface area contributed by atoms with Gasteiger partial charge in [-0.1, -0.05) is 11.3 Å². The summed E-state index contributed by atoms with van der Waals surface area (Å²) >= 11 is 3.25. The molecule has 1 aliphatic heterocycles. The summed E-state index contributed by atoms with van der Waals surface area (Å²) in [5.74, 6) is 1.13. The smallest absolute Gasteiger partial charge is 0.260 e. The van der Waals surface area contributed by atoms with Crippen molar-refractivity contribution in [1.29, 1.82) is 0 Å². The normalized spacial score (nSPS) is 14.3.